The van der Waals surface area contributed by atoms with Crippen LogP contribution < -0.4 is 5.22 Å². The highest BCUT2D eigenvalue weighted by atomic mass is 16.5. The van der Waals surface area contributed by atoms with Gasteiger partial charge < -0.3 is 4.74 Å². The summed E-state index contributed by atoms with van der Waals surface area (Å²) in [4.78, 5) is 12.7. The summed E-state index contributed by atoms with van der Waals surface area (Å²) in [5, 5.41) is 22.0. The van der Waals surface area contributed by atoms with Crippen LogP contribution in [0.1, 0.15) is 112 Å². The van der Waals surface area contributed by atoms with Gasteiger partial charge in [0.2, 0.25) is 0 Å². The lowest BCUT2D eigenvalue weighted by molar-refractivity contribution is -0.140. The lowest BCUT2D eigenvalue weighted by atomic mass is 9.70. The third-order valence-electron chi connectivity index (χ3n) is 18.3. The Labute approximate surface area is 304 Å². The number of esters is 1. The molecule has 0 aliphatic heterocycles. The molecule has 0 radical (unpaired) electrons. The Morgan fingerprint density at radius 1 is 0.774 bits per heavy atom. The molecule has 7 atom stereocenters. The Kier molecular flexibility index (Phi) is 3.28. The number of carbonyl (C=O) groups excluding carboxylic acids is 1. The molecule has 0 saturated heterocycles. The maximum absolute atomic E-state index is 12.7. The van der Waals surface area contributed by atoms with Gasteiger partial charge in [0.25, 0.3) is 0 Å². The molecule has 1 saturated carbocycles. The third-order valence-corrected chi connectivity index (χ3v) is 18.3. The number of rotatable bonds is 5. The molecule has 0 amide bonds. The molecule has 1 fully saturated rings. The van der Waals surface area contributed by atoms with Crippen molar-refractivity contribution in [3.8, 4) is 0 Å². The summed E-state index contributed by atoms with van der Waals surface area (Å²) in [6.07, 6.45) is 14.2. The van der Waals surface area contributed by atoms with E-state index in [1.54, 1.807) is 144 Å². The molecule has 0 N–H and O–H groups in total. The third kappa shape index (κ3) is 1.97. The van der Waals surface area contributed by atoms with E-state index >= 15 is 0 Å². The van der Waals surface area contributed by atoms with E-state index in [4.69, 9.17) is 4.74 Å². The highest BCUT2D eigenvalue weighted by Gasteiger charge is 2.82. The van der Waals surface area contributed by atoms with E-state index in [2.05, 4.69) is 48.6 Å². The molecule has 0 heterocycles. The predicted octanol–water partition coefficient (Wildman–Crippen LogP) is 10.3. The Balaban J connectivity index is 1.13. The van der Waals surface area contributed by atoms with Crippen LogP contribution in [-0.2, 0) is 33.2 Å². The highest BCUT2D eigenvalue weighted by molar-refractivity contribution is 6.53. The minimum absolute atomic E-state index is 0.0255. The van der Waals surface area contributed by atoms with Crippen LogP contribution in [0.2, 0.25) is 0 Å². The largest absolute Gasteiger partial charge is 0.469 e. The smallest absolute Gasteiger partial charge is 0.305 e. The number of methoxy groups -OCH3 is 1. The molecule has 18 rings (SSSR count). The van der Waals surface area contributed by atoms with Gasteiger partial charge in [0.1, 0.15) is 0 Å². The Morgan fingerprint density at radius 2 is 1.58 bits per heavy atom. The molecule has 10 aliphatic rings. The minimum atomic E-state index is -0.0705. The first kappa shape index (κ1) is 25.1. The van der Waals surface area contributed by atoms with Crippen molar-refractivity contribution in [2.45, 2.75) is 80.0 Å². The van der Waals surface area contributed by atoms with Crippen LogP contribution in [0.15, 0.2) is 48.6 Å². The summed E-state index contributed by atoms with van der Waals surface area (Å²) in [6.45, 7) is 0. The zero-order chi connectivity index (χ0) is 33.5. The van der Waals surface area contributed by atoms with Gasteiger partial charge in [0.05, 0.1) is 7.11 Å². The van der Waals surface area contributed by atoms with Gasteiger partial charge in [-0.15, -0.1) is 0 Å². The molecule has 7 unspecified atom stereocenters. The fourth-order valence-corrected chi connectivity index (χ4v) is 17.5. The number of allylic oxidation sites excluding steroid dienone is 4. The van der Waals surface area contributed by atoms with Gasteiger partial charge in [-0.05, 0) is 193 Å². The van der Waals surface area contributed by atoms with Crippen LogP contribution in [0.25, 0.3) is 81.4 Å². The first-order valence-electron chi connectivity index (χ1n) is 20.6. The second-order valence-electron chi connectivity index (χ2n) is 19.4. The van der Waals surface area contributed by atoms with Crippen LogP contribution in [0.3, 0.4) is 0 Å². The highest BCUT2D eigenvalue weighted by Crippen LogP contribution is 2.87. The monoisotopic (exact) mass is 676 g/mol. The molecule has 2 heteroatoms. The normalized spacial score (nSPS) is 32.3. The molecule has 53 heavy (non-hydrogen) atoms. The summed E-state index contributed by atoms with van der Waals surface area (Å²) in [6, 6.07) is 14.4. The zero-order valence-corrected chi connectivity index (χ0v) is 29.5. The van der Waals surface area contributed by atoms with E-state index in [9.17, 15) is 4.79 Å². The summed E-state index contributed by atoms with van der Waals surface area (Å²) in [5.74, 6) is 2.51. The molecule has 248 valence electrons. The quantitative estimate of drug-likeness (QED) is 0.134. The Hall–Kier alpha value is -4.95. The average Bonchev–Trinajstić information content (AvgIpc) is 3.86. The fraction of sp³-hybridized carbons (Fsp3) is 0.314. The molecule has 0 aromatic heterocycles. The van der Waals surface area contributed by atoms with Gasteiger partial charge in [-0.25, -0.2) is 0 Å². The Bertz CT molecular complexity index is 3480. The number of benzene rings is 5. The number of hydrogen-bond acceptors (Lipinski definition) is 2. The van der Waals surface area contributed by atoms with E-state index < -0.39 is 0 Å². The first-order valence-corrected chi connectivity index (χ1v) is 20.6. The van der Waals surface area contributed by atoms with Gasteiger partial charge in [0, 0.05) is 35.0 Å². The van der Waals surface area contributed by atoms with E-state index in [0.29, 0.717) is 36.0 Å². The second-order valence-corrected chi connectivity index (χ2v) is 19.4. The van der Waals surface area contributed by atoms with Crippen LogP contribution in [0.5, 0.6) is 0 Å². The minimum Gasteiger partial charge on any atom is -0.469 e. The van der Waals surface area contributed by atoms with Crippen LogP contribution in [0.4, 0.5) is 0 Å². The van der Waals surface area contributed by atoms with Gasteiger partial charge in [0.15, 0.2) is 0 Å². The second kappa shape index (κ2) is 6.92. The number of ether oxygens (including phenoxy) is 1. The number of fused-ring (bicyclic) bond motifs is 1. The maximum atomic E-state index is 12.7. The van der Waals surface area contributed by atoms with Crippen molar-refractivity contribution in [3.05, 3.63) is 109 Å². The van der Waals surface area contributed by atoms with Crippen molar-refractivity contribution < 1.29 is 9.53 Å². The molecular weight excluding hydrogens is 645 g/mol. The SMILES string of the molecule is COC(=O)CCCC1(c2ccccc2)C2C3=CC4Cc5cc6c7c8c5C4c4c3c3c5c9c%10c%11c%12c%13c(c7c7c8c4c3c%10c%127)=C(C6)CC%13CC%11=CC9CC521. The van der Waals surface area contributed by atoms with Crippen molar-refractivity contribution in [1.29, 1.82) is 0 Å². The van der Waals surface area contributed by atoms with E-state index in [-0.39, 0.29) is 16.8 Å². The molecule has 0 bridgehead atoms. The van der Waals surface area contributed by atoms with E-state index in [1.165, 1.54) is 37.7 Å². The molecule has 10 aliphatic carbocycles. The van der Waals surface area contributed by atoms with Crippen molar-refractivity contribution in [2.24, 2.45) is 11.8 Å². The van der Waals surface area contributed by atoms with Crippen molar-refractivity contribution >= 4 is 87.3 Å². The zero-order valence-electron chi connectivity index (χ0n) is 29.5. The molecule has 1 spiro atoms. The van der Waals surface area contributed by atoms with Gasteiger partial charge in [-0.1, -0.05) is 54.1 Å². The van der Waals surface area contributed by atoms with Crippen molar-refractivity contribution in [1.82, 2.24) is 0 Å². The summed E-state index contributed by atoms with van der Waals surface area (Å²) < 4.78 is 5.25. The lowest BCUT2D eigenvalue weighted by Crippen LogP contribution is -2.22. The van der Waals surface area contributed by atoms with Crippen LogP contribution in [-0.4, -0.2) is 13.1 Å². The number of hydrogen-bond donors (Lipinski definition) is 0. The first-order chi connectivity index (χ1) is 26.2. The van der Waals surface area contributed by atoms with Crippen LogP contribution >= 0.6 is 0 Å². The van der Waals surface area contributed by atoms with Gasteiger partial charge in [-0.3, -0.25) is 4.79 Å². The van der Waals surface area contributed by atoms with Crippen molar-refractivity contribution in [3.63, 3.8) is 0 Å². The molecule has 8 aromatic rings. The Morgan fingerprint density at radius 3 is 2.47 bits per heavy atom. The maximum Gasteiger partial charge on any atom is 0.305 e. The lowest BCUT2D eigenvalue weighted by Gasteiger charge is -2.32. The predicted molar refractivity (Wildman–Crippen MR) is 211 cm³/mol. The van der Waals surface area contributed by atoms with Gasteiger partial charge in [-0.2, -0.15) is 0 Å². The average molecular weight is 677 g/mol. The van der Waals surface area contributed by atoms with E-state index in [0.717, 1.165) is 12.8 Å². The topological polar surface area (TPSA) is 26.3 Å². The summed E-state index contributed by atoms with van der Waals surface area (Å²) >= 11 is 0. The fourth-order valence-electron chi connectivity index (χ4n) is 17.5. The molecule has 8 aromatic carbocycles. The van der Waals surface area contributed by atoms with Crippen LogP contribution in [0, 0.1) is 11.8 Å². The van der Waals surface area contributed by atoms with E-state index in [1.807, 2.05) is 0 Å². The molecule has 2 nitrogen and oxygen atoms in total. The summed E-state index contributed by atoms with van der Waals surface area (Å²) in [5.41, 5.74) is 22.1. The summed E-state index contributed by atoms with van der Waals surface area (Å²) in [7, 11) is 1.55. The van der Waals surface area contributed by atoms with Gasteiger partial charge >= 0.3 is 5.97 Å². The standard InChI is InChI=1S/C51H32O2/c1-53-27(52)8-5-9-50(25-6-3-2-4-7-25)49-26-16-23-14-20-12-21-11-18-10-19-13-22-15-24-17-51(49,50)48-34(24)39-33(22)38-29(19)28(18)36-32(21)37-30(20)31(23)40-35(26)47(48)46-44(39)42(38)41(36)43(37)45(40)46/h2-4,6-7,12,15-16,19,23-24,31,49H,5,8-11,13-14,17H2,1H3. The molecular formula is C51H32O2. The number of carbonyl (C=O) groups is 1. The van der Waals surface area contributed by atoms with Crippen molar-refractivity contribution in [2.75, 3.05) is 7.11 Å².